The maximum absolute atomic E-state index is 12.5. The van der Waals surface area contributed by atoms with Crippen LogP contribution in [-0.4, -0.2) is 25.5 Å². The van der Waals surface area contributed by atoms with Gasteiger partial charge in [0.05, 0.1) is 0 Å². The van der Waals surface area contributed by atoms with Crippen LogP contribution in [0.1, 0.15) is 16.1 Å². The van der Waals surface area contributed by atoms with E-state index in [0.717, 1.165) is 10.9 Å². The number of fused-ring (bicyclic) bond motifs is 1. The van der Waals surface area contributed by atoms with Gasteiger partial charge in [0.2, 0.25) is 5.91 Å². The van der Waals surface area contributed by atoms with Crippen LogP contribution in [0.3, 0.4) is 0 Å². The first-order valence-corrected chi connectivity index (χ1v) is 8.24. The number of hydrogen-bond donors (Lipinski definition) is 2. The Morgan fingerprint density at radius 2 is 1.73 bits per heavy atom. The van der Waals surface area contributed by atoms with Crippen LogP contribution >= 0.6 is 11.6 Å². The van der Waals surface area contributed by atoms with Crippen LogP contribution in [0.5, 0.6) is 0 Å². The summed E-state index contributed by atoms with van der Waals surface area (Å²) < 4.78 is 10.4. The average Bonchev–Trinajstić information content (AvgIpc) is 2.93. The molecule has 0 bridgehead atoms. The molecule has 3 rings (SSSR count). The molecule has 3 aromatic rings. The second kappa shape index (κ2) is 7.59. The number of rotatable bonds is 5. The van der Waals surface area contributed by atoms with Crippen molar-refractivity contribution in [2.24, 2.45) is 0 Å². The van der Waals surface area contributed by atoms with Gasteiger partial charge in [-0.15, -0.1) is 0 Å². The third-order valence-corrected chi connectivity index (χ3v) is 4.04. The molecule has 0 atom stereocenters. The van der Waals surface area contributed by atoms with Crippen LogP contribution in [0, 0.1) is 6.92 Å². The molecule has 0 spiro atoms. The molecule has 0 saturated heterocycles. The second-order valence-electron chi connectivity index (χ2n) is 5.71. The molecule has 0 fully saturated rings. The first-order chi connectivity index (χ1) is 12.5. The monoisotopic (exact) mass is 372 g/mol. The van der Waals surface area contributed by atoms with E-state index in [2.05, 4.69) is 10.6 Å². The Morgan fingerprint density at radius 3 is 2.38 bits per heavy atom. The lowest BCUT2D eigenvalue weighted by Crippen LogP contribution is -2.17. The van der Waals surface area contributed by atoms with E-state index in [0.29, 0.717) is 22.0 Å². The number of methoxy groups -OCH3 is 1. The van der Waals surface area contributed by atoms with Gasteiger partial charge in [0.1, 0.15) is 12.2 Å². The van der Waals surface area contributed by atoms with Gasteiger partial charge in [-0.05, 0) is 49.4 Å². The normalized spacial score (nSPS) is 10.7. The number of anilines is 2. The summed E-state index contributed by atoms with van der Waals surface area (Å²) in [6.45, 7) is 1.79. The largest absolute Gasteiger partial charge is 0.451 e. The molecule has 2 aromatic carbocycles. The van der Waals surface area contributed by atoms with Gasteiger partial charge >= 0.3 is 0 Å². The standard InChI is InChI=1S/C19H17ClN2O4/c1-11-15-9-12(20)3-8-16(15)26-18(11)19(24)22-14-6-4-13(5-7-14)21-17(23)10-25-2/h3-9H,10H2,1-2H3,(H,21,23)(H,22,24). The molecule has 1 heterocycles. The van der Waals surface area contributed by atoms with Crippen molar-refractivity contribution in [3.8, 4) is 0 Å². The number of furan rings is 1. The summed E-state index contributed by atoms with van der Waals surface area (Å²) in [6, 6.07) is 12.0. The fourth-order valence-electron chi connectivity index (χ4n) is 2.56. The lowest BCUT2D eigenvalue weighted by Gasteiger charge is -2.07. The molecule has 0 aliphatic rings. The topological polar surface area (TPSA) is 80.6 Å². The number of halogens is 1. The highest BCUT2D eigenvalue weighted by Crippen LogP contribution is 2.28. The Balaban J connectivity index is 1.74. The highest BCUT2D eigenvalue weighted by molar-refractivity contribution is 6.31. The van der Waals surface area contributed by atoms with E-state index in [1.54, 1.807) is 42.5 Å². The summed E-state index contributed by atoms with van der Waals surface area (Å²) in [7, 11) is 1.45. The van der Waals surface area contributed by atoms with E-state index >= 15 is 0 Å². The zero-order chi connectivity index (χ0) is 18.7. The van der Waals surface area contributed by atoms with Gasteiger partial charge in [0.25, 0.3) is 5.91 Å². The third kappa shape index (κ3) is 3.87. The van der Waals surface area contributed by atoms with E-state index in [1.807, 2.05) is 6.92 Å². The number of ether oxygens (including phenoxy) is 1. The Bertz CT molecular complexity index is 964. The molecule has 26 heavy (non-hydrogen) atoms. The molecule has 2 N–H and O–H groups in total. The molecule has 0 unspecified atom stereocenters. The smallest absolute Gasteiger partial charge is 0.291 e. The van der Waals surface area contributed by atoms with Crippen LogP contribution in [0.4, 0.5) is 11.4 Å². The van der Waals surface area contributed by atoms with Crippen LogP contribution in [-0.2, 0) is 9.53 Å². The minimum absolute atomic E-state index is 0.0200. The number of nitrogens with one attached hydrogen (secondary N) is 2. The highest BCUT2D eigenvalue weighted by atomic mass is 35.5. The maximum Gasteiger partial charge on any atom is 0.291 e. The summed E-state index contributed by atoms with van der Waals surface area (Å²) in [5.41, 5.74) is 2.52. The SMILES string of the molecule is COCC(=O)Nc1ccc(NC(=O)c2oc3ccc(Cl)cc3c2C)cc1. The molecule has 0 aliphatic carbocycles. The summed E-state index contributed by atoms with van der Waals surface area (Å²) >= 11 is 6.00. The maximum atomic E-state index is 12.5. The number of amides is 2. The van der Waals surface area contributed by atoms with Gasteiger partial charge in [0, 0.05) is 34.5 Å². The Kier molecular flexibility index (Phi) is 5.25. The van der Waals surface area contributed by atoms with Gasteiger partial charge in [-0.2, -0.15) is 0 Å². The van der Waals surface area contributed by atoms with Gasteiger partial charge in [-0.3, -0.25) is 9.59 Å². The Hall–Kier alpha value is -2.83. The molecule has 0 aliphatic heterocycles. The van der Waals surface area contributed by atoms with E-state index in [-0.39, 0.29) is 24.2 Å². The molecule has 7 heteroatoms. The molecular weight excluding hydrogens is 356 g/mol. The lowest BCUT2D eigenvalue weighted by atomic mass is 10.1. The van der Waals surface area contributed by atoms with Gasteiger partial charge in [-0.25, -0.2) is 0 Å². The number of aryl methyl sites for hydroxylation is 1. The minimum Gasteiger partial charge on any atom is -0.451 e. The van der Waals surface area contributed by atoms with E-state index in [4.69, 9.17) is 20.8 Å². The molecule has 0 radical (unpaired) electrons. The number of hydrogen-bond acceptors (Lipinski definition) is 4. The first kappa shape index (κ1) is 18.0. The Morgan fingerprint density at radius 1 is 1.08 bits per heavy atom. The van der Waals surface area contributed by atoms with Crippen molar-refractivity contribution in [1.82, 2.24) is 0 Å². The highest BCUT2D eigenvalue weighted by Gasteiger charge is 2.18. The molecule has 0 saturated carbocycles. The van der Waals surface area contributed by atoms with Gasteiger partial charge in [0.15, 0.2) is 5.76 Å². The third-order valence-electron chi connectivity index (χ3n) is 3.81. The van der Waals surface area contributed by atoms with E-state index in [1.165, 1.54) is 7.11 Å². The second-order valence-corrected chi connectivity index (χ2v) is 6.15. The zero-order valence-corrected chi connectivity index (χ0v) is 15.0. The van der Waals surface area contributed by atoms with Crippen molar-refractivity contribution in [1.29, 1.82) is 0 Å². The minimum atomic E-state index is -0.356. The zero-order valence-electron chi connectivity index (χ0n) is 14.3. The number of carbonyl (C=O) groups excluding carboxylic acids is 2. The quantitative estimate of drug-likeness (QED) is 0.702. The van der Waals surface area contributed by atoms with Crippen molar-refractivity contribution in [2.75, 3.05) is 24.4 Å². The summed E-state index contributed by atoms with van der Waals surface area (Å²) in [4.78, 5) is 24.0. The predicted octanol–water partition coefficient (Wildman–Crippen LogP) is 4.23. The summed E-state index contributed by atoms with van der Waals surface area (Å²) in [5, 5.41) is 6.84. The molecule has 6 nitrogen and oxygen atoms in total. The van der Waals surface area contributed by atoms with Gasteiger partial charge < -0.3 is 19.8 Å². The van der Waals surface area contributed by atoms with Crippen LogP contribution in [0.15, 0.2) is 46.9 Å². The summed E-state index contributed by atoms with van der Waals surface area (Å²) in [6.07, 6.45) is 0. The lowest BCUT2D eigenvalue weighted by molar-refractivity contribution is -0.119. The van der Waals surface area contributed by atoms with Crippen LogP contribution < -0.4 is 10.6 Å². The summed E-state index contributed by atoms with van der Waals surface area (Å²) in [5.74, 6) is -0.369. The molecular formula is C19H17ClN2O4. The van der Waals surface area contributed by atoms with Crippen molar-refractivity contribution in [2.45, 2.75) is 6.92 Å². The van der Waals surface area contributed by atoms with Crippen molar-refractivity contribution >= 4 is 45.8 Å². The predicted molar refractivity (Wildman–Crippen MR) is 101 cm³/mol. The van der Waals surface area contributed by atoms with Crippen LogP contribution in [0.2, 0.25) is 5.02 Å². The first-order valence-electron chi connectivity index (χ1n) is 7.87. The molecule has 134 valence electrons. The molecule has 1 aromatic heterocycles. The number of carbonyl (C=O) groups is 2. The average molecular weight is 373 g/mol. The van der Waals surface area contributed by atoms with E-state index < -0.39 is 0 Å². The van der Waals surface area contributed by atoms with Crippen molar-refractivity contribution < 1.29 is 18.7 Å². The van der Waals surface area contributed by atoms with E-state index in [9.17, 15) is 9.59 Å². The number of benzene rings is 2. The van der Waals surface area contributed by atoms with Gasteiger partial charge in [-0.1, -0.05) is 11.6 Å². The Labute approximate surface area is 155 Å². The molecule has 2 amide bonds. The van der Waals surface area contributed by atoms with Crippen LogP contribution in [0.25, 0.3) is 11.0 Å². The van der Waals surface area contributed by atoms with Crippen molar-refractivity contribution in [3.63, 3.8) is 0 Å². The van der Waals surface area contributed by atoms with Crippen molar-refractivity contribution in [3.05, 3.63) is 58.8 Å². The fraction of sp³-hybridized carbons (Fsp3) is 0.158. The fourth-order valence-corrected chi connectivity index (χ4v) is 2.73.